The number of benzene rings is 1. The molecule has 0 radical (unpaired) electrons. The number of carboxylic acid groups (broad SMARTS) is 1. The maximum absolute atomic E-state index is 15.2. The number of hydrogen-bond acceptors (Lipinski definition) is 5. The average Bonchev–Trinajstić information content (AvgIpc) is 3.63. The summed E-state index contributed by atoms with van der Waals surface area (Å²) in [5.74, 6) is -1.74. The lowest BCUT2D eigenvalue weighted by molar-refractivity contribution is 0.143. The summed E-state index contributed by atoms with van der Waals surface area (Å²) in [6, 6.07) is 0.664. The number of alkyl halides is 2. The third-order valence-electron chi connectivity index (χ3n) is 6.31. The third-order valence-corrected chi connectivity index (χ3v) is 6.67. The summed E-state index contributed by atoms with van der Waals surface area (Å²) in [5, 5.41) is 11.8. The molecule has 2 aromatic rings. The Morgan fingerprint density at radius 2 is 2.00 bits per heavy atom. The SMILES string of the molecule is O=C(O)Oc1cn([C@@H]2C[C@@H]2F)c2c(Cl)c(N3C[C@H](CNC4CC4)[C@H](F)C3)c(F)cc2c1=O. The van der Waals surface area contributed by atoms with E-state index in [-0.39, 0.29) is 47.0 Å². The van der Waals surface area contributed by atoms with E-state index in [4.69, 9.17) is 16.7 Å². The van der Waals surface area contributed by atoms with Gasteiger partial charge in [0, 0.05) is 38.0 Å². The maximum atomic E-state index is 15.2. The Bertz CT molecular complexity index is 1160. The molecule has 1 aromatic carbocycles. The Balaban J connectivity index is 1.57. The van der Waals surface area contributed by atoms with Crippen molar-refractivity contribution < 1.29 is 27.8 Å². The van der Waals surface area contributed by atoms with Crippen LogP contribution in [0.4, 0.5) is 23.7 Å². The van der Waals surface area contributed by atoms with E-state index >= 15 is 4.39 Å². The van der Waals surface area contributed by atoms with Crippen LogP contribution in [0.1, 0.15) is 25.3 Å². The molecule has 2 heterocycles. The lowest BCUT2D eigenvalue weighted by Gasteiger charge is -2.23. The van der Waals surface area contributed by atoms with Crippen LogP contribution in [0.25, 0.3) is 10.9 Å². The second-order valence-corrected chi connectivity index (χ2v) is 9.08. The lowest BCUT2D eigenvalue weighted by atomic mass is 10.1. The largest absolute Gasteiger partial charge is 0.511 e. The van der Waals surface area contributed by atoms with Gasteiger partial charge in [0.05, 0.1) is 33.9 Å². The molecule has 172 valence electrons. The number of aromatic nitrogens is 1. The van der Waals surface area contributed by atoms with Crippen LogP contribution in [-0.4, -0.2) is 53.8 Å². The van der Waals surface area contributed by atoms with Crippen molar-refractivity contribution in [2.75, 3.05) is 24.5 Å². The van der Waals surface area contributed by atoms with Crippen LogP contribution in [0.15, 0.2) is 17.1 Å². The van der Waals surface area contributed by atoms with Crippen LogP contribution < -0.4 is 20.4 Å². The fourth-order valence-corrected chi connectivity index (χ4v) is 4.79. The minimum absolute atomic E-state index is 0.0492. The van der Waals surface area contributed by atoms with Gasteiger partial charge in [-0.2, -0.15) is 0 Å². The van der Waals surface area contributed by atoms with Gasteiger partial charge >= 0.3 is 6.16 Å². The predicted molar refractivity (Wildman–Crippen MR) is 112 cm³/mol. The molecule has 3 fully saturated rings. The fraction of sp³-hybridized carbons (Fsp3) is 0.524. The van der Waals surface area contributed by atoms with Gasteiger partial charge in [-0.1, -0.05) is 11.6 Å². The molecular weight excluding hydrogens is 451 g/mol. The molecular formula is C21H21ClF3N3O4. The Morgan fingerprint density at radius 1 is 1.28 bits per heavy atom. The normalized spacial score (nSPS) is 27.2. The van der Waals surface area contributed by atoms with Gasteiger partial charge in [-0.25, -0.2) is 18.0 Å². The molecule has 4 atom stereocenters. The summed E-state index contributed by atoms with van der Waals surface area (Å²) in [5.41, 5.74) is -0.851. The molecule has 2 saturated carbocycles. The summed E-state index contributed by atoms with van der Waals surface area (Å²) in [6.45, 7) is 0.656. The van der Waals surface area contributed by atoms with Crippen LogP contribution in [-0.2, 0) is 0 Å². The number of pyridine rings is 1. The van der Waals surface area contributed by atoms with E-state index in [1.807, 2.05) is 0 Å². The Kier molecular flexibility index (Phi) is 5.24. The molecule has 5 rings (SSSR count). The van der Waals surface area contributed by atoms with E-state index in [1.165, 1.54) is 9.47 Å². The van der Waals surface area contributed by atoms with E-state index in [9.17, 15) is 18.4 Å². The third kappa shape index (κ3) is 3.79. The number of nitrogens with one attached hydrogen (secondary N) is 1. The Morgan fingerprint density at radius 3 is 2.62 bits per heavy atom. The van der Waals surface area contributed by atoms with E-state index in [0.29, 0.717) is 12.6 Å². The molecule has 7 nitrogen and oxygen atoms in total. The van der Waals surface area contributed by atoms with Crippen LogP contribution in [0.3, 0.4) is 0 Å². The van der Waals surface area contributed by atoms with Gasteiger partial charge < -0.3 is 24.6 Å². The zero-order valence-corrected chi connectivity index (χ0v) is 17.6. The van der Waals surface area contributed by atoms with Crippen molar-refractivity contribution in [2.24, 2.45) is 5.92 Å². The second-order valence-electron chi connectivity index (χ2n) is 8.70. The van der Waals surface area contributed by atoms with Crippen molar-refractivity contribution in [3.63, 3.8) is 0 Å². The molecule has 11 heteroatoms. The fourth-order valence-electron chi connectivity index (χ4n) is 4.38. The van der Waals surface area contributed by atoms with Crippen molar-refractivity contribution in [3.8, 4) is 5.75 Å². The second kappa shape index (κ2) is 7.84. The van der Waals surface area contributed by atoms with Crippen molar-refractivity contribution in [1.82, 2.24) is 9.88 Å². The number of rotatable bonds is 6. The molecule has 0 bridgehead atoms. The molecule has 2 aliphatic carbocycles. The molecule has 1 aromatic heterocycles. The lowest BCUT2D eigenvalue weighted by Crippen LogP contribution is -2.30. The number of carbonyl (C=O) groups is 1. The van der Waals surface area contributed by atoms with Crippen molar-refractivity contribution in [3.05, 3.63) is 33.3 Å². The predicted octanol–water partition coefficient (Wildman–Crippen LogP) is 3.66. The molecule has 2 N–H and O–H groups in total. The van der Waals surface area contributed by atoms with Gasteiger partial charge in [0.2, 0.25) is 5.43 Å². The number of anilines is 1. The van der Waals surface area contributed by atoms with E-state index in [0.717, 1.165) is 25.1 Å². The quantitative estimate of drug-likeness (QED) is 0.626. The minimum atomic E-state index is -1.72. The first kappa shape index (κ1) is 21.4. The summed E-state index contributed by atoms with van der Waals surface area (Å²) in [7, 11) is 0. The van der Waals surface area contributed by atoms with Gasteiger partial charge in [0.25, 0.3) is 0 Å². The van der Waals surface area contributed by atoms with Crippen LogP contribution >= 0.6 is 11.6 Å². The highest BCUT2D eigenvalue weighted by atomic mass is 35.5. The molecule has 0 spiro atoms. The summed E-state index contributed by atoms with van der Waals surface area (Å²) in [4.78, 5) is 25.2. The standard InChI is InChI=1S/C21H21ClF3N3O4/c22-17-18-11(20(29)16(32-21(30)31)8-28(18)15-4-12(15)23)3-13(24)19(17)27-6-9(14(25)7-27)5-26-10-1-2-10/h3,8-10,12,14-15,26H,1-2,4-7H2,(H,30,31)/t9-,12-,14+,15+/m0/s1. The first-order valence-electron chi connectivity index (χ1n) is 10.5. The van der Waals surface area contributed by atoms with Crippen LogP contribution in [0, 0.1) is 11.7 Å². The molecule has 0 amide bonds. The van der Waals surface area contributed by atoms with Gasteiger partial charge in [-0.3, -0.25) is 4.79 Å². The number of fused-ring (bicyclic) bond motifs is 1. The number of nitrogens with zero attached hydrogens (tertiary/aromatic N) is 2. The number of halogens is 4. The van der Waals surface area contributed by atoms with Crippen molar-refractivity contribution in [2.45, 2.75) is 43.7 Å². The monoisotopic (exact) mass is 471 g/mol. The first-order chi connectivity index (χ1) is 15.2. The topological polar surface area (TPSA) is 83.8 Å². The summed E-state index contributed by atoms with van der Waals surface area (Å²) < 4.78 is 49.6. The average molecular weight is 472 g/mol. The van der Waals surface area contributed by atoms with Crippen molar-refractivity contribution in [1.29, 1.82) is 0 Å². The van der Waals surface area contributed by atoms with E-state index in [1.54, 1.807) is 0 Å². The number of hydrogen-bond donors (Lipinski definition) is 2. The van der Waals surface area contributed by atoms with Gasteiger partial charge in [0.15, 0.2) is 5.75 Å². The smallest absolute Gasteiger partial charge is 0.449 e. The molecule has 1 saturated heterocycles. The first-order valence-corrected chi connectivity index (χ1v) is 10.9. The van der Waals surface area contributed by atoms with Crippen LogP contribution in [0.5, 0.6) is 5.75 Å². The zero-order chi connectivity index (χ0) is 22.7. The van der Waals surface area contributed by atoms with Crippen molar-refractivity contribution >= 4 is 34.3 Å². The molecule has 3 aliphatic rings. The highest BCUT2D eigenvalue weighted by Gasteiger charge is 2.42. The highest BCUT2D eigenvalue weighted by Crippen LogP contribution is 2.45. The van der Waals surface area contributed by atoms with E-state index in [2.05, 4.69) is 10.1 Å². The zero-order valence-electron chi connectivity index (χ0n) is 16.9. The maximum Gasteiger partial charge on any atom is 0.511 e. The highest BCUT2D eigenvalue weighted by molar-refractivity contribution is 6.38. The van der Waals surface area contributed by atoms with Gasteiger partial charge in [-0.15, -0.1) is 0 Å². The minimum Gasteiger partial charge on any atom is -0.449 e. The van der Waals surface area contributed by atoms with Gasteiger partial charge in [0.1, 0.15) is 18.2 Å². The Labute approximate surface area is 185 Å². The molecule has 1 aliphatic heterocycles. The summed E-state index contributed by atoms with van der Waals surface area (Å²) in [6.07, 6.45) is -0.761. The summed E-state index contributed by atoms with van der Waals surface area (Å²) >= 11 is 6.56. The van der Waals surface area contributed by atoms with Crippen LogP contribution in [0.2, 0.25) is 5.02 Å². The molecule has 0 unspecified atom stereocenters. The van der Waals surface area contributed by atoms with Gasteiger partial charge in [-0.05, 0) is 18.9 Å². The molecule has 32 heavy (non-hydrogen) atoms. The Hall–Kier alpha value is -2.46. The van der Waals surface area contributed by atoms with E-state index < -0.39 is 41.5 Å². The number of ether oxygens (including phenoxy) is 1.